The van der Waals surface area contributed by atoms with Crippen LogP contribution in [0.3, 0.4) is 0 Å². The van der Waals surface area contributed by atoms with Gasteiger partial charge in [-0.1, -0.05) is 6.07 Å². The molecular weight excluding hydrogens is 256 g/mol. The van der Waals surface area contributed by atoms with Gasteiger partial charge in [0.05, 0.1) is 20.3 Å². The fourth-order valence-electron chi connectivity index (χ4n) is 1.96. The summed E-state index contributed by atoms with van der Waals surface area (Å²) >= 11 is 0. The van der Waals surface area contributed by atoms with Gasteiger partial charge in [0.25, 0.3) is 0 Å². The predicted octanol–water partition coefficient (Wildman–Crippen LogP) is 2.12. The van der Waals surface area contributed by atoms with Crippen molar-refractivity contribution in [3.63, 3.8) is 0 Å². The summed E-state index contributed by atoms with van der Waals surface area (Å²) in [5.41, 5.74) is -0.715. The number of para-hydroxylation sites is 1. The first-order valence-electron chi connectivity index (χ1n) is 6.64. The van der Waals surface area contributed by atoms with Crippen molar-refractivity contribution < 1.29 is 14.2 Å². The summed E-state index contributed by atoms with van der Waals surface area (Å²) in [6.07, 6.45) is 2.24. The zero-order valence-electron chi connectivity index (χ0n) is 12.1. The van der Waals surface area contributed by atoms with Gasteiger partial charge in [-0.05, 0) is 31.9 Å². The summed E-state index contributed by atoms with van der Waals surface area (Å²) in [6, 6.07) is 8.14. The van der Waals surface area contributed by atoms with Crippen LogP contribution in [0.4, 0.5) is 0 Å². The second-order valence-corrected chi connectivity index (χ2v) is 5.14. The van der Waals surface area contributed by atoms with Gasteiger partial charge in [0.15, 0.2) is 11.5 Å². The second-order valence-electron chi connectivity index (χ2n) is 5.14. The fourth-order valence-corrected chi connectivity index (χ4v) is 1.96. The highest BCUT2D eigenvalue weighted by molar-refractivity contribution is 5.51. The summed E-state index contributed by atoms with van der Waals surface area (Å²) in [5, 5.41) is 12.6. The average Bonchev–Trinajstić information content (AvgIpc) is 3.28. The molecule has 5 heteroatoms. The van der Waals surface area contributed by atoms with Gasteiger partial charge in [-0.2, -0.15) is 5.26 Å². The number of benzene rings is 1. The Kier molecular flexibility index (Phi) is 4.35. The predicted molar refractivity (Wildman–Crippen MR) is 75.2 cm³/mol. The third-order valence-corrected chi connectivity index (χ3v) is 3.23. The Bertz CT molecular complexity index is 486. The Balaban J connectivity index is 2.10. The third kappa shape index (κ3) is 3.34. The van der Waals surface area contributed by atoms with Gasteiger partial charge in [0, 0.05) is 6.04 Å². The molecule has 0 aliphatic heterocycles. The molecule has 1 saturated carbocycles. The van der Waals surface area contributed by atoms with Crippen molar-refractivity contribution in [2.75, 3.05) is 20.8 Å². The molecule has 1 aromatic carbocycles. The largest absolute Gasteiger partial charge is 0.493 e. The van der Waals surface area contributed by atoms with Crippen LogP contribution in [0, 0.1) is 11.3 Å². The van der Waals surface area contributed by atoms with Crippen LogP contribution < -0.4 is 19.5 Å². The zero-order chi connectivity index (χ0) is 14.6. The Labute approximate surface area is 119 Å². The first-order valence-corrected chi connectivity index (χ1v) is 6.64. The summed E-state index contributed by atoms with van der Waals surface area (Å²) in [4.78, 5) is 0. The molecular formula is C15H20N2O3. The topological polar surface area (TPSA) is 63.5 Å². The number of nitrogens with one attached hydrogen (secondary N) is 1. The lowest BCUT2D eigenvalue weighted by atomic mass is 10.1. The summed E-state index contributed by atoms with van der Waals surface area (Å²) in [6.45, 7) is 2.07. The first kappa shape index (κ1) is 14.5. The molecule has 0 amide bonds. The lowest BCUT2D eigenvalue weighted by Crippen LogP contribution is -2.47. The van der Waals surface area contributed by atoms with E-state index in [0.29, 0.717) is 23.3 Å². The molecule has 0 spiro atoms. The van der Waals surface area contributed by atoms with Gasteiger partial charge < -0.3 is 14.2 Å². The monoisotopic (exact) mass is 276 g/mol. The molecule has 1 N–H and O–H groups in total. The van der Waals surface area contributed by atoms with Gasteiger partial charge in [0.1, 0.15) is 12.1 Å². The number of rotatable bonds is 7. The van der Waals surface area contributed by atoms with Crippen molar-refractivity contribution in [1.29, 1.82) is 5.26 Å². The minimum Gasteiger partial charge on any atom is -0.493 e. The highest BCUT2D eigenvalue weighted by Crippen LogP contribution is 2.37. The van der Waals surface area contributed by atoms with Gasteiger partial charge in [-0.3, -0.25) is 5.32 Å². The van der Waals surface area contributed by atoms with Gasteiger partial charge >= 0.3 is 0 Å². The van der Waals surface area contributed by atoms with E-state index in [2.05, 4.69) is 11.4 Å². The maximum atomic E-state index is 9.34. The molecule has 0 saturated heterocycles. The van der Waals surface area contributed by atoms with Crippen molar-refractivity contribution in [1.82, 2.24) is 5.32 Å². The normalized spacial score (nSPS) is 16.9. The molecule has 1 aliphatic carbocycles. The van der Waals surface area contributed by atoms with E-state index in [-0.39, 0.29) is 6.61 Å². The molecule has 0 bridgehead atoms. The van der Waals surface area contributed by atoms with Crippen LogP contribution in [-0.4, -0.2) is 32.4 Å². The van der Waals surface area contributed by atoms with Crippen LogP contribution in [0.25, 0.3) is 0 Å². The van der Waals surface area contributed by atoms with E-state index in [1.807, 2.05) is 13.0 Å². The Morgan fingerprint density at radius 2 is 1.90 bits per heavy atom. The van der Waals surface area contributed by atoms with E-state index in [9.17, 15) is 5.26 Å². The molecule has 1 unspecified atom stereocenters. The van der Waals surface area contributed by atoms with Gasteiger partial charge in [0.2, 0.25) is 5.75 Å². The van der Waals surface area contributed by atoms with Crippen molar-refractivity contribution in [2.45, 2.75) is 31.3 Å². The molecule has 20 heavy (non-hydrogen) atoms. The highest BCUT2D eigenvalue weighted by atomic mass is 16.5. The van der Waals surface area contributed by atoms with E-state index < -0.39 is 5.54 Å². The summed E-state index contributed by atoms with van der Waals surface area (Å²) < 4.78 is 16.3. The molecule has 1 aromatic rings. The molecule has 0 aromatic heterocycles. The molecule has 1 fully saturated rings. The van der Waals surface area contributed by atoms with Crippen LogP contribution in [-0.2, 0) is 0 Å². The quantitative estimate of drug-likeness (QED) is 0.826. The van der Waals surface area contributed by atoms with Gasteiger partial charge in [-0.25, -0.2) is 0 Å². The standard InChI is InChI=1S/C15H20N2O3/c1-15(9-16,17-11-7-8-11)10-20-14-12(18-2)5-4-6-13(14)19-3/h4-6,11,17H,7-8,10H2,1-3H3. The van der Waals surface area contributed by atoms with Crippen LogP contribution in [0.2, 0.25) is 0 Å². The maximum Gasteiger partial charge on any atom is 0.203 e. The molecule has 0 heterocycles. The number of methoxy groups -OCH3 is 2. The fraction of sp³-hybridized carbons (Fsp3) is 0.533. The van der Waals surface area contributed by atoms with Crippen LogP contribution in [0.1, 0.15) is 19.8 Å². The van der Waals surface area contributed by atoms with Gasteiger partial charge in [-0.15, -0.1) is 0 Å². The Morgan fingerprint density at radius 1 is 1.30 bits per heavy atom. The van der Waals surface area contributed by atoms with Crippen molar-refractivity contribution in [3.05, 3.63) is 18.2 Å². The summed E-state index contributed by atoms with van der Waals surface area (Å²) in [5.74, 6) is 1.71. The highest BCUT2D eigenvalue weighted by Gasteiger charge is 2.33. The lowest BCUT2D eigenvalue weighted by Gasteiger charge is -2.24. The molecule has 0 radical (unpaired) electrons. The van der Waals surface area contributed by atoms with Crippen molar-refractivity contribution in [2.24, 2.45) is 0 Å². The van der Waals surface area contributed by atoms with E-state index >= 15 is 0 Å². The first-order chi connectivity index (χ1) is 9.61. The van der Waals surface area contributed by atoms with Crippen molar-refractivity contribution >= 4 is 0 Å². The van der Waals surface area contributed by atoms with E-state index in [0.717, 1.165) is 12.8 Å². The van der Waals surface area contributed by atoms with Crippen LogP contribution in [0.15, 0.2) is 18.2 Å². The maximum absolute atomic E-state index is 9.34. The van der Waals surface area contributed by atoms with E-state index in [1.165, 1.54) is 0 Å². The Morgan fingerprint density at radius 3 is 2.35 bits per heavy atom. The number of hydrogen-bond acceptors (Lipinski definition) is 5. The minimum absolute atomic E-state index is 0.233. The lowest BCUT2D eigenvalue weighted by molar-refractivity contribution is 0.215. The smallest absolute Gasteiger partial charge is 0.203 e. The van der Waals surface area contributed by atoms with Crippen LogP contribution in [0.5, 0.6) is 17.2 Å². The Hall–Kier alpha value is -1.93. The third-order valence-electron chi connectivity index (χ3n) is 3.23. The molecule has 5 nitrogen and oxygen atoms in total. The number of nitrogens with zero attached hydrogens (tertiary/aromatic N) is 1. The number of nitriles is 1. The summed E-state index contributed by atoms with van der Waals surface area (Å²) in [7, 11) is 3.15. The SMILES string of the molecule is COc1cccc(OC)c1OCC(C)(C#N)NC1CC1. The van der Waals surface area contributed by atoms with E-state index in [4.69, 9.17) is 14.2 Å². The van der Waals surface area contributed by atoms with Crippen LogP contribution >= 0.6 is 0 Å². The second kappa shape index (κ2) is 6.02. The molecule has 108 valence electrons. The average molecular weight is 276 g/mol. The molecule has 1 atom stereocenters. The zero-order valence-corrected chi connectivity index (χ0v) is 12.1. The molecule has 2 rings (SSSR count). The number of hydrogen-bond donors (Lipinski definition) is 1. The minimum atomic E-state index is -0.715. The molecule has 1 aliphatic rings. The number of ether oxygens (including phenoxy) is 3. The van der Waals surface area contributed by atoms with Crippen molar-refractivity contribution in [3.8, 4) is 23.3 Å². The van der Waals surface area contributed by atoms with E-state index in [1.54, 1.807) is 26.4 Å².